The maximum atomic E-state index is 12.9. The Morgan fingerprint density at radius 2 is 1.77 bits per heavy atom. The molecule has 0 spiro atoms. The van der Waals surface area contributed by atoms with Crippen LogP contribution < -0.4 is 19.9 Å². The van der Waals surface area contributed by atoms with Crippen LogP contribution in [0.5, 0.6) is 11.5 Å². The topological polar surface area (TPSA) is 88.4 Å². The second-order valence-corrected chi connectivity index (χ2v) is 11.2. The largest absolute Gasteiger partial charge is 0.493 e. The van der Waals surface area contributed by atoms with Gasteiger partial charge in [-0.1, -0.05) is 84.4 Å². The first-order valence-electron chi connectivity index (χ1n) is 13.9. The Kier molecular flexibility index (Phi) is 8.95. The Bertz CT molecular complexity index is 1790. The number of aromatic nitrogens is 1. The number of amides is 1. The molecule has 0 radical (unpaired) electrons. The lowest BCUT2D eigenvalue weighted by atomic mass is 9.99. The quantitative estimate of drug-likeness (QED) is 0.129. The summed E-state index contributed by atoms with van der Waals surface area (Å²) in [7, 11) is 1.58. The molecule has 8 nitrogen and oxygen atoms in total. The van der Waals surface area contributed by atoms with Crippen molar-refractivity contribution in [1.29, 1.82) is 0 Å². The number of hydrogen-bond donors (Lipinski definition) is 1. The maximum absolute atomic E-state index is 12.9. The van der Waals surface area contributed by atoms with E-state index < -0.39 is 5.91 Å². The van der Waals surface area contributed by atoms with Gasteiger partial charge in [0.2, 0.25) is 5.13 Å². The summed E-state index contributed by atoms with van der Waals surface area (Å²) in [6, 6.07) is 33.1. The number of carbonyl (C=O) groups excluding carboxylic acids is 1. The van der Waals surface area contributed by atoms with Crippen molar-refractivity contribution < 1.29 is 14.3 Å². The van der Waals surface area contributed by atoms with Crippen molar-refractivity contribution in [3.63, 3.8) is 0 Å². The van der Waals surface area contributed by atoms with Crippen LogP contribution >= 0.6 is 22.9 Å². The number of halogens is 1. The normalized spacial score (nSPS) is 14.5. The first kappa shape index (κ1) is 29.1. The molecule has 1 amide bonds. The van der Waals surface area contributed by atoms with Gasteiger partial charge in [0.25, 0.3) is 5.91 Å². The fraction of sp³-hybridized carbons (Fsp3) is 0.118. The monoisotopic (exact) mass is 621 g/mol. The summed E-state index contributed by atoms with van der Waals surface area (Å²) in [5.41, 5.74) is 7.66. The average molecular weight is 622 g/mol. The highest BCUT2D eigenvalue weighted by atomic mass is 35.5. The van der Waals surface area contributed by atoms with Crippen molar-refractivity contribution in [2.75, 3.05) is 12.1 Å². The van der Waals surface area contributed by atoms with Crippen molar-refractivity contribution in [2.45, 2.75) is 19.1 Å². The third-order valence-corrected chi connectivity index (χ3v) is 8.08. The van der Waals surface area contributed by atoms with E-state index in [1.165, 1.54) is 11.3 Å². The minimum absolute atomic E-state index is 0.0859. The summed E-state index contributed by atoms with van der Waals surface area (Å²) >= 11 is 7.50. The fourth-order valence-electron chi connectivity index (χ4n) is 4.75. The van der Waals surface area contributed by atoms with Crippen molar-refractivity contribution in [2.24, 2.45) is 10.2 Å². The molecule has 10 heteroatoms. The lowest BCUT2D eigenvalue weighted by molar-refractivity contribution is 0.0951. The fourth-order valence-corrected chi connectivity index (χ4v) is 5.68. The number of nitrogens with zero attached hydrogens (tertiary/aromatic N) is 4. The van der Waals surface area contributed by atoms with Gasteiger partial charge in [0.05, 0.1) is 25.1 Å². The van der Waals surface area contributed by atoms with Crippen LogP contribution in [0, 0.1) is 0 Å². The molecule has 1 aliphatic heterocycles. The van der Waals surface area contributed by atoms with Crippen molar-refractivity contribution in [3.05, 3.63) is 141 Å². The minimum atomic E-state index is -0.423. The summed E-state index contributed by atoms with van der Waals surface area (Å²) in [5, 5.41) is 13.9. The Balaban J connectivity index is 1.14. The zero-order valence-electron chi connectivity index (χ0n) is 23.8. The van der Waals surface area contributed by atoms with Gasteiger partial charge in [0.15, 0.2) is 11.5 Å². The predicted molar refractivity (Wildman–Crippen MR) is 175 cm³/mol. The number of nitrogens with one attached hydrogen (secondary N) is 1. The Morgan fingerprint density at radius 1 is 1.02 bits per heavy atom. The maximum Gasteiger partial charge on any atom is 0.290 e. The highest BCUT2D eigenvalue weighted by Gasteiger charge is 2.32. The number of anilines is 1. The summed E-state index contributed by atoms with van der Waals surface area (Å²) in [5.74, 6) is 0.758. The molecular formula is C34H28ClN5O3S. The standard InChI is InChI=1S/C34H28ClN5O3S/c1-42-32-18-24(12-17-31(32)43-21-23-8-4-2-5-9-23)20-36-38-33(41)29-22-44-34(37-29)40-30(26-13-15-27(35)16-14-26)19-28(39-40)25-10-6-3-7-11-25/h2-18,20,22,30H,19,21H2,1H3,(H,38,41)/b36-20+. The van der Waals surface area contributed by atoms with Crippen LogP contribution in [0.25, 0.3) is 0 Å². The average Bonchev–Trinajstić information content (AvgIpc) is 3.74. The van der Waals surface area contributed by atoms with E-state index in [1.54, 1.807) is 24.8 Å². The van der Waals surface area contributed by atoms with E-state index in [1.807, 2.05) is 102 Å². The molecule has 2 heterocycles. The number of hydrogen-bond acceptors (Lipinski definition) is 8. The van der Waals surface area contributed by atoms with Crippen LogP contribution in [0.3, 0.4) is 0 Å². The van der Waals surface area contributed by atoms with Gasteiger partial charge in [-0.15, -0.1) is 11.3 Å². The Hall–Kier alpha value is -4.99. The molecule has 1 aromatic heterocycles. The van der Waals surface area contributed by atoms with E-state index in [0.29, 0.717) is 34.7 Å². The number of benzene rings is 4. The van der Waals surface area contributed by atoms with Crippen LogP contribution in [-0.2, 0) is 6.61 Å². The third kappa shape index (κ3) is 6.80. The van der Waals surface area contributed by atoms with E-state index in [-0.39, 0.29) is 11.7 Å². The molecule has 0 aliphatic carbocycles. The molecule has 220 valence electrons. The molecule has 1 atom stereocenters. The lowest BCUT2D eigenvalue weighted by Gasteiger charge is -2.21. The number of hydrazone groups is 2. The molecule has 44 heavy (non-hydrogen) atoms. The molecule has 4 aromatic carbocycles. The van der Waals surface area contributed by atoms with Crippen molar-refractivity contribution in [1.82, 2.24) is 10.4 Å². The smallest absolute Gasteiger partial charge is 0.290 e. The first-order chi connectivity index (χ1) is 21.6. The molecule has 0 bridgehead atoms. The third-order valence-electron chi connectivity index (χ3n) is 7.00. The van der Waals surface area contributed by atoms with Crippen LogP contribution in [-0.4, -0.2) is 29.9 Å². The summed E-state index contributed by atoms with van der Waals surface area (Å²) in [6.07, 6.45) is 2.23. The zero-order valence-corrected chi connectivity index (χ0v) is 25.3. The summed E-state index contributed by atoms with van der Waals surface area (Å²) in [4.78, 5) is 17.6. The van der Waals surface area contributed by atoms with Gasteiger partial charge in [0.1, 0.15) is 12.3 Å². The molecule has 6 rings (SSSR count). The number of thiazole rings is 1. The molecule has 0 saturated heterocycles. The Labute approximate surface area is 264 Å². The molecular weight excluding hydrogens is 594 g/mol. The van der Waals surface area contributed by atoms with Crippen molar-refractivity contribution >= 4 is 45.9 Å². The molecule has 1 aliphatic rings. The molecule has 5 aromatic rings. The summed E-state index contributed by atoms with van der Waals surface area (Å²) < 4.78 is 11.4. The van der Waals surface area contributed by atoms with Gasteiger partial charge in [-0.2, -0.15) is 10.2 Å². The van der Waals surface area contributed by atoms with Crippen LogP contribution in [0.15, 0.2) is 119 Å². The van der Waals surface area contributed by atoms with Crippen LogP contribution in [0.2, 0.25) is 5.02 Å². The second kappa shape index (κ2) is 13.5. The molecule has 0 saturated carbocycles. The van der Waals surface area contributed by atoms with Gasteiger partial charge < -0.3 is 9.47 Å². The van der Waals surface area contributed by atoms with E-state index in [0.717, 1.165) is 28.0 Å². The summed E-state index contributed by atoms with van der Waals surface area (Å²) in [6.45, 7) is 0.424. The van der Waals surface area contributed by atoms with Gasteiger partial charge in [-0.05, 0) is 52.6 Å². The molecule has 0 fully saturated rings. The highest BCUT2D eigenvalue weighted by Crippen LogP contribution is 2.38. The van der Waals surface area contributed by atoms with Gasteiger partial charge >= 0.3 is 0 Å². The van der Waals surface area contributed by atoms with Crippen LogP contribution in [0.1, 0.15) is 45.2 Å². The van der Waals surface area contributed by atoms with E-state index >= 15 is 0 Å². The molecule has 1 unspecified atom stereocenters. The van der Waals surface area contributed by atoms with Gasteiger partial charge in [-0.25, -0.2) is 15.4 Å². The van der Waals surface area contributed by atoms with Gasteiger partial charge in [-0.3, -0.25) is 4.79 Å². The Morgan fingerprint density at radius 3 is 2.52 bits per heavy atom. The van der Waals surface area contributed by atoms with Crippen LogP contribution in [0.4, 0.5) is 5.13 Å². The van der Waals surface area contributed by atoms with Gasteiger partial charge in [0, 0.05) is 16.8 Å². The first-order valence-corrected chi connectivity index (χ1v) is 15.1. The number of carbonyl (C=O) groups is 1. The van der Waals surface area contributed by atoms with Crippen molar-refractivity contribution in [3.8, 4) is 11.5 Å². The number of ether oxygens (including phenoxy) is 2. The van der Waals surface area contributed by atoms with E-state index in [2.05, 4.69) is 15.5 Å². The number of rotatable bonds is 10. The number of methoxy groups -OCH3 is 1. The predicted octanol–water partition coefficient (Wildman–Crippen LogP) is 7.50. The second-order valence-electron chi connectivity index (χ2n) is 9.93. The molecule has 1 N–H and O–H groups in total. The lowest BCUT2D eigenvalue weighted by Crippen LogP contribution is -2.20. The van der Waals surface area contributed by atoms with E-state index in [9.17, 15) is 4.79 Å². The van der Waals surface area contributed by atoms with E-state index in [4.69, 9.17) is 26.2 Å². The highest BCUT2D eigenvalue weighted by molar-refractivity contribution is 7.14. The SMILES string of the molecule is COc1cc(/C=N/NC(=O)c2csc(N3N=C(c4ccccc4)CC3c3ccc(Cl)cc3)n2)ccc1OCc1ccccc1. The minimum Gasteiger partial charge on any atom is -0.493 e. The zero-order chi connectivity index (χ0) is 30.3.